The Morgan fingerprint density at radius 2 is 2.25 bits per heavy atom. The molecule has 0 unspecified atom stereocenters. The quantitative estimate of drug-likeness (QED) is 0.348. The summed E-state index contributed by atoms with van der Waals surface area (Å²) in [7, 11) is 0. The molecule has 0 aliphatic rings. The van der Waals surface area contributed by atoms with E-state index in [2.05, 4.69) is 22.0 Å². The van der Waals surface area contributed by atoms with E-state index in [4.69, 9.17) is 0 Å². The van der Waals surface area contributed by atoms with E-state index in [0.29, 0.717) is 0 Å². The molecule has 0 atom stereocenters. The molecule has 0 aliphatic carbocycles. The number of rotatable bonds is 0. The molecule has 1 rings (SSSR count). The van der Waals surface area contributed by atoms with Gasteiger partial charge < -0.3 is 0 Å². The fraction of sp³-hybridized carbons (Fsp3) is 0. The minimum absolute atomic E-state index is 0. The summed E-state index contributed by atoms with van der Waals surface area (Å²) >= 11 is 3.28. The van der Waals surface area contributed by atoms with E-state index < -0.39 is 0 Å². The molecule has 0 aromatic heterocycles. The van der Waals surface area contributed by atoms with Gasteiger partial charge in [-0.25, -0.2) is 0 Å². The molecule has 0 aliphatic heterocycles. The molecular weight excluding hydrogens is 159 g/mol. The Labute approximate surface area is 69.6 Å². The van der Waals surface area contributed by atoms with Crippen LogP contribution in [-0.4, -0.2) is 0 Å². The maximum Gasteiger partial charge on any atom is 1.00 e. The van der Waals surface area contributed by atoms with Crippen LogP contribution in [0.5, 0.6) is 0 Å². The van der Waals surface area contributed by atoms with Crippen molar-refractivity contribution < 1.29 is 18.9 Å². The summed E-state index contributed by atoms with van der Waals surface area (Å²) in [5.41, 5.74) is 0. The molecule has 0 heterocycles. The normalized spacial score (nSPS) is 7.62. The third-order valence-electron chi connectivity index (χ3n) is 0.669. The monoisotopic (exact) mass is 162 g/mol. The van der Waals surface area contributed by atoms with Crippen LogP contribution in [0.25, 0.3) is 0 Å². The molecule has 0 fully saturated rings. The van der Waals surface area contributed by atoms with Crippen molar-refractivity contribution in [3.05, 3.63) is 34.8 Å². The van der Waals surface area contributed by atoms with Crippen LogP contribution < -0.4 is 18.9 Å². The summed E-state index contributed by atoms with van der Waals surface area (Å²) < 4.78 is 1.08. The van der Waals surface area contributed by atoms with E-state index in [0.717, 1.165) is 4.47 Å². The van der Waals surface area contributed by atoms with Gasteiger partial charge >= 0.3 is 18.9 Å². The molecule has 0 radical (unpaired) electrons. The van der Waals surface area contributed by atoms with Crippen molar-refractivity contribution in [2.24, 2.45) is 0 Å². The molecule has 0 spiro atoms. The summed E-state index contributed by atoms with van der Waals surface area (Å²) in [6.07, 6.45) is 0. The van der Waals surface area contributed by atoms with Gasteiger partial charge in [-0.05, 0) is 0 Å². The second kappa shape index (κ2) is 4.20. The van der Waals surface area contributed by atoms with Crippen molar-refractivity contribution in [3.8, 4) is 0 Å². The van der Waals surface area contributed by atoms with Crippen molar-refractivity contribution >= 4 is 15.9 Å². The number of benzene rings is 1. The number of hydrogen-bond donors (Lipinski definition) is 0. The maximum absolute atomic E-state index is 3.28. The zero-order chi connectivity index (χ0) is 5.11. The zero-order valence-corrected chi connectivity index (χ0v) is 6.27. The summed E-state index contributed by atoms with van der Waals surface area (Å²) in [6, 6.07) is 10.6. The van der Waals surface area contributed by atoms with Gasteiger partial charge in [-0.1, -0.05) is 4.47 Å². The predicted molar refractivity (Wildman–Crippen MR) is 33.0 cm³/mol. The van der Waals surface area contributed by atoms with Crippen LogP contribution in [-0.2, 0) is 0 Å². The molecule has 0 N–H and O–H groups in total. The van der Waals surface area contributed by atoms with E-state index >= 15 is 0 Å². The first-order chi connectivity index (χ1) is 3.39. The van der Waals surface area contributed by atoms with Crippen LogP contribution in [0.3, 0.4) is 0 Å². The standard InChI is InChI=1S/C6H4Br.Li/c7-6-4-2-1-3-5-6;/h1-2,4-5H;/q-1;+1. The van der Waals surface area contributed by atoms with Gasteiger partial charge in [-0.2, -0.15) is 30.3 Å². The Hall–Kier alpha value is 0.297. The van der Waals surface area contributed by atoms with Gasteiger partial charge in [0.05, 0.1) is 0 Å². The van der Waals surface area contributed by atoms with Crippen molar-refractivity contribution in [2.75, 3.05) is 0 Å². The average Bonchev–Trinajstić information content (AvgIpc) is 1.69. The van der Waals surface area contributed by atoms with Crippen molar-refractivity contribution in [3.63, 3.8) is 0 Å². The summed E-state index contributed by atoms with van der Waals surface area (Å²) in [5, 5.41) is 0. The first-order valence-electron chi connectivity index (χ1n) is 2.01. The third-order valence-corrected chi connectivity index (χ3v) is 1.16. The molecule has 0 saturated carbocycles. The second-order valence-electron chi connectivity index (χ2n) is 1.22. The van der Waals surface area contributed by atoms with Crippen LogP contribution in [0.1, 0.15) is 0 Å². The average molecular weight is 163 g/mol. The molecular formula is C6H4BrLi. The smallest absolute Gasteiger partial charge is 0.183 e. The number of hydrogen-bond acceptors (Lipinski definition) is 0. The summed E-state index contributed by atoms with van der Waals surface area (Å²) in [5.74, 6) is 0. The Balaban J connectivity index is 0.000000490. The molecule has 0 saturated heterocycles. The first-order valence-corrected chi connectivity index (χ1v) is 2.80. The SMILES string of the molecule is Brc1c[c-]ccc1.[Li+]. The van der Waals surface area contributed by atoms with Gasteiger partial charge in [0.25, 0.3) is 0 Å². The van der Waals surface area contributed by atoms with E-state index in [1.54, 1.807) is 0 Å². The van der Waals surface area contributed by atoms with Crippen molar-refractivity contribution in [2.45, 2.75) is 0 Å². The molecule has 2 heteroatoms. The first kappa shape index (κ1) is 8.30. The summed E-state index contributed by atoms with van der Waals surface area (Å²) in [4.78, 5) is 0. The third kappa shape index (κ3) is 2.57. The van der Waals surface area contributed by atoms with Crippen LogP contribution in [0.2, 0.25) is 0 Å². The number of halogens is 1. The minimum atomic E-state index is 0. The van der Waals surface area contributed by atoms with Gasteiger partial charge in [-0.3, -0.25) is 0 Å². The molecule has 0 nitrogen and oxygen atoms in total. The van der Waals surface area contributed by atoms with Gasteiger partial charge in [0.1, 0.15) is 0 Å². The van der Waals surface area contributed by atoms with Crippen molar-refractivity contribution in [1.82, 2.24) is 0 Å². The van der Waals surface area contributed by atoms with Crippen LogP contribution >= 0.6 is 15.9 Å². The van der Waals surface area contributed by atoms with Gasteiger partial charge in [0.15, 0.2) is 0 Å². The van der Waals surface area contributed by atoms with E-state index in [9.17, 15) is 0 Å². The van der Waals surface area contributed by atoms with E-state index in [1.165, 1.54) is 0 Å². The molecule has 0 bridgehead atoms. The summed E-state index contributed by atoms with van der Waals surface area (Å²) in [6.45, 7) is 0. The largest absolute Gasteiger partial charge is 1.00 e. The van der Waals surface area contributed by atoms with Crippen LogP contribution in [0.15, 0.2) is 28.7 Å². The maximum atomic E-state index is 3.28. The van der Waals surface area contributed by atoms with Gasteiger partial charge in [0.2, 0.25) is 0 Å². The Kier molecular flexibility index (Phi) is 4.36. The van der Waals surface area contributed by atoms with Crippen LogP contribution in [0.4, 0.5) is 0 Å². The fourth-order valence-corrected chi connectivity index (χ4v) is 0.656. The molecule has 1 aromatic rings. The Bertz CT molecular complexity index is 138. The van der Waals surface area contributed by atoms with E-state index in [-0.39, 0.29) is 18.9 Å². The van der Waals surface area contributed by atoms with E-state index in [1.807, 2.05) is 24.3 Å². The fourth-order valence-electron chi connectivity index (χ4n) is 0.371. The predicted octanol–water partition coefficient (Wildman–Crippen LogP) is -0.747. The topological polar surface area (TPSA) is 0 Å². The van der Waals surface area contributed by atoms with Crippen molar-refractivity contribution in [1.29, 1.82) is 0 Å². The molecule has 36 valence electrons. The van der Waals surface area contributed by atoms with Gasteiger partial charge in [0, 0.05) is 0 Å². The molecule has 8 heavy (non-hydrogen) atoms. The minimum Gasteiger partial charge on any atom is -0.183 e. The Morgan fingerprint density at radius 3 is 2.50 bits per heavy atom. The molecule has 1 aromatic carbocycles. The molecule has 0 amide bonds. The Morgan fingerprint density at radius 1 is 1.50 bits per heavy atom. The van der Waals surface area contributed by atoms with Gasteiger partial charge in [-0.15, -0.1) is 15.9 Å². The van der Waals surface area contributed by atoms with Crippen LogP contribution in [0, 0.1) is 6.07 Å². The zero-order valence-electron chi connectivity index (χ0n) is 4.69. The second-order valence-corrected chi connectivity index (χ2v) is 2.14.